The van der Waals surface area contributed by atoms with Gasteiger partial charge in [0.25, 0.3) is 0 Å². The molecule has 1 heterocycles. The maximum Gasteiger partial charge on any atom is 0.225 e. The minimum absolute atomic E-state index is 0.154. The van der Waals surface area contributed by atoms with Crippen molar-refractivity contribution in [3.8, 4) is 11.6 Å². The van der Waals surface area contributed by atoms with Gasteiger partial charge in [0.2, 0.25) is 11.2 Å². The molecule has 0 aliphatic rings. The van der Waals surface area contributed by atoms with Crippen LogP contribution in [-0.2, 0) is 0 Å². The lowest BCUT2D eigenvalue weighted by atomic mass is 10.3. The predicted molar refractivity (Wildman–Crippen MR) is 58.6 cm³/mol. The van der Waals surface area contributed by atoms with E-state index in [0.29, 0.717) is 16.7 Å². The first kappa shape index (κ1) is 10.2. The fourth-order valence-corrected chi connectivity index (χ4v) is 1.27. The summed E-state index contributed by atoms with van der Waals surface area (Å²) in [7, 11) is 0. The van der Waals surface area contributed by atoms with Crippen LogP contribution in [0.5, 0.6) is 11.6 Å². The van der Waals surface area contributed by atoms with Crippen molar-refractivity contribution in [2.24, 2.45) is 0 Å². The number of aromatic nitrogens is 2. The summed E-state index contributed by atoms with van der Waals surface area (Å²) < 4.78 is 5.42. The number of hydrogen-bond donors (Lipinski definition) is 0. The third kappa shape index (κ3) is 2.81. The zero-order valence-electron chi connectivity index (χ0n) is 7.52. The van der Waals surface area contributed by atoms with E-state index >= 15 is 0 Å². The molecule has 1 aromatic carbocycles. The molecule has 0 saturated heterocycles. The lowest BCUT2D eigenvalue weighted by molar-refractivity contribution is 0.461. The largest absolute Gasteiger partial charge is 0.439 e. The highest BCUT2D eigenvalue weighted by atomic mass is 35.5. The van der Waals surface area contributed by atoms with Gasteiger partial charge in [0, 0.05) is 17.3 Å². The van der Waals surface area contributed by atoms with E-state index < -0.39 is 0 Å². The van der Waals surface area contributed by atoms with Crippen LogP contribution in [0.25, 0.3) is 0 Å². The Morgan fingerprint density at radius 3 is 2.40 bits per heavy atom. The van der Waals surface area contributed by atoms with Gasteiger partial charge < -0.3 is 4.74 Å². The van der Waals surface area contributed by atoms with Crippen LogP contribution in [0.3, 0.4) is 0 Å². The van der Waals surface area contributed by atoms with Crippen molar-refractivity contribution in [2.45, 2.75) is 0 Å². The van der Waals surface area contributed by atoms with Gasteiger partial charge in [-0.1, -0.05) is 11.6 Å². The Labute approximate surface area is 96.6 Å². The van der Waals surface area contributed by atoms with Crippen molar-refractivity contribution < 1.29 is 4.74 Å². The molecule has 0 saturated carbocycles. The number of benzene rings is 1. The quantitative estimate of drug-likeness (QED) is 0.753. The van der Waals surface area contributed by atoms with Gasteiger partial charge in [-0.3, -0.25) is 0 Å². The van der Waals surface area contributed by atoms with Crippen LogP contribution >= 0.6 is 23.2 Å². The molecular weight excluding hydrogens is 235 g/mol. The van der Waals surface area contributed by atoms with E-state index in [1.807, 2.05) is 0 Å². The first-order chi connectivity index (χ1) is 7.24. The zero-order chi connectivity index (χ0) is 10.7. The monoisotopic (exact) mass is 240 g/mol. The van der Waals surface area contributed by atoms with Gasteiger partial charge in [0.15, 0.2) is 0 Å². The van der Waals surface area contributed by atoms with E-state index in [1.54, 1.807) is 30.3 Å². The van der Waals surface area contributed by atoms with Crippen LogP contribution in [0.2, 0.25) is 10.3 Å². The molecule has 0 amide bonds. The highest BCUT2D eigenvalue weighted by Crippen LogP contribution is 2.21. The summed E-state index contributed by atoms with van der Waals surface area (Å²) in [4.78, 5) is 7.64. The van der Waals surface area contributed by atoms with Gasteiger partial charge >= 0.3 is 0 Å². The Morgan fingerprint density at radius 1 is 1.00 bits per heavy atom. The fourth-order valence-electron chi connectivity index (χ4n) is 1.000. The van der Waals surface area contributed by atoms with E-state index in [2.05, 4.69) is 9.97 Å². The highest BCUT2D eigenvalue weighted by Gasteiger charge is 1.99. The molecule has 0 fully saturated rings. The Hall–Kier alpha value is -1.32. The Bertz CT molecular complexity index is 459. The van der Waals surface area contributed by atoms with Crippen LogP contribution in [-0.4, -0.2) is 9.97 Å². The second-order valence-electron chi connectivity index (χ2n) is 2.72. The topological polar surface area (TPSA) is 35.0 Å². The molecular formula is C10H6Cl2N2O. The third-order valence-electron chi connectivity index (χ3n) is 1.64. The Morgan fingerprint density at radius 2 is 1.73 bits per heavy atom. The minimum atomic E-state index is 0.154. The predicted octanol–water partition coefficient (Wildman–Crippen LogP) is 3.58. The number of halogens is 2. The van der Waals surface area contributed by atoms with Gasteiger partial charge in [0.1, 0.15) is 5.75 Å². The SMILES string of the molecule is Clc1ccc(Oc2ccnc(Cl)n2)cc1. The maximum absolute atomic E-state index is 5.74. The van der Waals surface area contributed by atoms with Gasteiger partial charge in [-0.25, -0.2) is 4.98 Å². The molecule has 0 N–H and O–H groups in total. The molecule has 0 atom stereocenters. The molecule has 2 aromatic rings. The molecule has 0 spiro atoms. The average Bonchev–Trinajstić information content (AvgIpc) is 2.22. The molecule has 3 nitrogen and oxygen atoms in total. The number of nitrogens with zero attached hydrogens (tertiary/aromatic N) is 2. The Balaban J connectivity index is 2.18. The summed E-state index contributed by atoms with van der Waals surface area (Å²) in [5.41, 5.74) is 0. The second kappa shape index (κ2) is 4.47. The number of rotatable bonds is 2. The van der Waals surface area contributed by atoms with Crippen molar-refractivity contribution >= 4 is 23.2 Å². The smallest absolute Gasteiger partial charge is 0.225 e. The molecule has 15 heavy (non-hydrogen) atoms. The van der Waals surface area contributed by atoms with Crippen molar-refractivity contribution in [2.75, 3.05) is 0 Å². The standard InChI is InChI=1S/C10H6Cl2N2O/c11-7-1-3-8(4-2-7)15-9-5-6-13-10(12)14-9/h1-6H. The Kier molecular flexibility index (Phi) is 3.04. The summed E-state index contributed by atoms with van der Waals surface area (Å²) in [6.45, 7) is 0. The molecule has 0 aliphatic heterocycles. The van der Waals surface area contributed by atoms with Crippen molar-refractivity contribution in [3.63, 3.8) is 0 Å². The van der Waals surface area contributed by atoms with Crippen LogP contribution in [0.15, 0.2) is 36.5 Å². The molecule has 1 aromatic heterocycles. The molecule has 0 unspecified atom stereocenters. The van der Waals surface area contributed by atoms with E-state index in [-0.39, 0.29) is 5.28 Å². The number of ether oxygens (including phenoxy) is 1. The van der Waals surface area contributed by atoms with E-state index in [0.717, 1.165) is 0 Å². The second-order valence-corrected chi connectivity index (χ2v) is 3.49. The first-order valence-electron chi connectivity index (χ1n) is 4.16. The lowest BCUT2D eigenvalue weighted by Gasteiger charge is -2.03. The van der Waals surface area contributed by atoms with Gasteiger partial charge in [-0.15, -0.1) is 0 Å². The van der Waals surface area contributed by atoms with Gasteiger partial charge in [-0.05, 0) is 35.9 Å². The fraction of sp³-hybridized carbons (Fsp3) is 0. The summed E-state index contributed by atoms with van der Waals surface area (Å²) in [5.74, 6) is 1.05. The van der Waals surface area contributed by atoms with E-state index in [1.165, 1.54) is 6.20 Å². The van der Waals surface area contributed by atoms with Crippen molar-refractivity contribution in [3.05, 3.63) is 46.8 Å². The van der Waals surface area contributed by atoms with Gasteiger partial charge in [-0.2, -0.15) is 4.98 Å². The van der Waals surface area contributed by atoms with Crippen molar-refractivity contribution in [1.82, 2.24) is 9.97 Å². The maximum atomic E-state index is 5.74. The normalized spacial score (nSPS) is 10.0. The molecule has 2 rings (SSSR count). The van der Waals surface area contributed by atoms with Crippen LogP contribution < -0.4 is 4.74 Å². The summed E-state index contributed by atoms with van der Waals surface area (Å²) >= 11 is 11.4. The van der Waals surface area contributed by atoms with Crippen molar-refractivity contribution in [1.29, 1.82) is 0 Å². The molecule has 0 bridgehead atoms. The lowest BCUT2D eigenvalue weighted by Crippen LogP contribution is -1.89. The summed E-state index contributed by atoms with van der Waals surface area (Å²) in [5, 5.41) is 0.810. The molecule has 0 radical (unpaired) electrons. The zero-order valence-corrected chi connectivity index (χ0v) is 9.03. The molecule has 76 valence electrons. The average molecular weight is 241 g/mol. The molecule has 5 heteroatoms. The first-order valence-corrected chi connectivity index (χ1v) is 4.91. The molecule has 0 aliphatic carbocycles. The highest BCUT2D eigenvalue weighted by molar-refractivity contribution is 6.30. The van der Waals surface area contributed by atoms with E-state index in [4.69, 9.17) is 27.9 Å². The van der Waals surface area contributed by atoms with E-state index in [9.17, 15) is 0 Å². The minimum Gasteiger partial charge on any atom is -0.439 e. The number of hydrogen-bond acceptors (Lipinski definition) is 3. The van der Waals surface area contributed by atoms with Crippen LogP contribution in [0, 0.1) is 0 Å². The van der Waals surface area contributed by atoms with Gasteiger partial charge in [0.05, 0.1) is 0 Å². The van der Waals surface area contributed by atoms with Crippen LogP contribution in [0.1, 0.15) is 0 Å². The van der Waals surface area contributed by atoms with Crippen LogP contribution in [0.4, 0.5) is 0 Å². The third-order valence-corrected chi connectivity index (χ3v) is 2.07. The summed E-state index contributed by atoms with van der Waals surface area (Å²) in [6, 6.07) is 8.59. The summed E-state index contributed by atoms with van der Waals surface area (Å²) in [6.07, 6.45) is 1.53.